The van der Waals surface area contributed by atoms with Crippen molar-refractivity contribution in [1.82, 2.24) is 9.88 Å². The molecule has 4 rings (SSSR count). The highest BCUT2D eigenvalue weighted by Gasteiger charge is 2.31. The molecule has 1 unspecified atom stereocenters. The Morgan fingerprint density at radius 2 is 1.88 bits per heavy atom. The van der Waals surface area contributed by atoms with Gasteiger partial charge >= 0.3 is 0 Å². The Balaban J connectivity index is 1.64. The zero-order valence-electron chi connectivity index (χ0n) is 15.0. The topological polar surface area (TPSA) is 54.6 Å². The SMILES string of the molecule is COc1cccc(C2CCCN2C(=O)c2cc3ccc(OC)cc3[nH]2)c1. The number of methoxy groups -OCH3 is 2. The van der Waals surface area contributed by atoms with Crippen LogP contribution in [0.25, 0.3) is 10.9 Å². The van der Waals surface area contributed by atoms with Crippen LogP contribution in [-0.4, -0.2) is 36.6 Å². The van der Waals surface area contributed by atoms with Crippen LogP contribution in [0.4, 0.5) is 0 Å². The number of carbonyl (C=O) groups is 1. The number of carbonyl (C=O) groups excluding carboxylic acids is 1. The molecule has 0 saturated carbocycles. The number of benzene rings is 2. The second-order valence-electron chi connectivity index (χ2n) is 6.57. The highest BCUT2D eigenvalue weighted by atomic mass is 16.5. The van der Waals surface area contributed by atoms with Gasteiger partial charge in [-0.25, -0.2) is 0 Å². The van der Waals surface area contributed by atoms with Gasteiger partial charge in [0, 0.05) is 23.5 Å². The molecule has 3 aromatic rings. The third-order valence-electron chi connectivity index (χ3n) is 5.05. The Bertz CT molecular complexity index is 947. The second-order valence-corrected chi connectivity index (χ2v) is 6.57. The smallest absolute Gasteiger partial charge is 0.270 e. The standard InChI is InChI=1S/C21H22N2O3/c1-25-16-6-3-5-15(11-16)20-7-4-10-23(20)21(24)19-12-14-8-9-17(26-2)13-18(14)22-19/h3,5-6,8-9,11-13,20,22H,4,7,10H2,1-2H3. The fraction of sp³-hybridized carbons (Fsp3) is 0.286. The molecule has 0 radical (unpaired) electrons. The first-order chi connectivity index (χ1) is 12.7. The van der Waals surface area contributed by atoms with Crippen LogP contribution in [0.5, 0.6) is 11.5 Å². The minimum atomic E-state index is 0.0329. The van der Waals surface area contributed by atoms with Gasteiger partial charge in [-0.05, 0) is 48.7 Å². The number of ether oxygens (including phenoxy) is 2. The number of H-pyrrole nitrogens is 1. The van der Waals surface area contributed by atoms with Gasteiger partial charge in [0.15, 0.2) is 0 Å². The molecule has 2 heterocycles. The molecule has 1 atom stereocenters. The number of aromatic amines is 1. The monoisotopic (exact) mass is 350 g/mol. The lowest BCUT2D eigenvalue weighted by Gasteiger charge is -2.25. The van der Waals surface area contributed by atoms with Gasteiger partial charge < -0.3 is 19.4 Å². The van der Waals surface area contributed by atoms with Crippen LogP contribution in [0, 0.1) is 0 Å². The molecular weight excluding hydrogens is 328 g/mol. The van der Waals surface area contributed by atoms with Crippen LogP contribution >= 0.6 is 0 Å². The van der Waals surface area contributed by atoms with Crippen molar-refractivity contribution in [3.63, 3.8) is 0 Å². The molecule has 134 valence electrons. The molecule has 1 aliphatic heterocycles. The van der Waals surface area contributed by atoms with E-state index in [4.69, 9.17) is 9.47 Å². The molecule has 1 N–H and O–H groups in total. The minimum absolute atomic E-state index is 0.0329. The van der Waals surface area contributed by atoms with Crippen molar-refractivity contribution in [2.24, 2.45) is 0 Å². The quantitative estimate of drug-likeness (QED) is 0.769. The summed E-state index contributed by atoms with van der Waals surface area (Å²) in [7, 11) is 3.30. The lowest BCUT2D eigenvalue weighted by molar-refractivity contribution is 0.0730. The molecule has 1 fully saturated rings. The van der Waals surface area contributed by atoms with Crippen LogP contribution in [0.3, 0.4) is 0 Å². The molecule has 1 amide bonds. The van der Waals surface area contributed by atoms with E-state index in [1.165, 1.54) is 0 Å². The van der Waals surface area contributed by atoms with E-state index in [-0.39, 0.29) is 11.9 Å². The van der Waals surface area contributed by atoms with Gasteiger partial charge in [0.2, 0.25) is 0 Å². The fourth-order valence-electron chi connectivity index (χ4n) is 3.71. The summed E-state index contributed by atoms with van der Waals surface area (Å²) < 4.78 is 10.6. The van der Waals surface area contributed by atoms with Crippen molar-refractivity contribution in [1.29, 1.82) is 0 Å². The predicted octanol–water partition coefficient (Wildman–Crippen LogP) is 4.16. The van der Waals surface area contributed by atoms with E-state index in [2.05, 4.69) is 11.1 Å². The predicted molar refractivity (Wildman–Crippen MR) is 101 cm³/mol. The Hall–Kier alpha value is -2.95. The number of hydrogen-bond donors (Lipinski definition) is 1. The van der Waals surface area contributed by atoms with Gasteiger partial charge in [-0.3, -0.25) is 4.79 Å². The molecule has 1 saturated heterocycles. The summed E-state index contributed by atoms with van der Waals surface area (Å²) >= 11 is 0. The van der Waals surface area contributed by atoms with Crippen LogP contribution in [-0.2, 0) is 0 Å². The Morgan fingerprint density at radius 1 is 1.08 bits per heavy atom. The molecule has 0 bridgehead atoms. The van der Waals surface area contributed by atoms with Gasteiger partial charge in [0.1, 0.15) is 17.2 Å². The summed E-state index contributed by atoms with van der Waals surface area (Å²) in [4.78, 5) is 18.3. The molecule has 0 aliphatic carbocycles. The van der Waals surface area contributed by atoms with E-state index in [0.29, 0.717) is 5.69 Å². The maximum atomic E-state index is 13.1. The van der Waals surface area contributed by atoms with E-state index < -0.39 is 0 Å². The first-order valence-electron chi connectivity index (χ1n) is 8.81. The average molecular weight is 350 g/mol. The zero-order chi connectivity index (χ0) is 18.1. The van der Waals surface area contributed by atoms with E-state index in [1.807, 2.05) is 47.4 Å². The first-order valence-corrected chi connectivity index (χ1v) is 8.81. The van der Waals surface area contributed by atoms with Crippen molar-refractivity contribution >= 4 is 16.8 Å². The molecule has 5 heteroatoms. The molecule has 1 aliphatic rings. The summed E-state index contributed by atoms with van der Waals surface area (Å²) in [5.41, 5.74) is 2.64. The van der Waals surface area contributed by atoms with Gasteiger partial charge in [0.05, 0.1) is 20.3 Å². The van der Waals surface area contributed by atoms with Crippen molar-refractivity contribution in [2.45, 2.75) is 18.9 Å². The van der Waals surface area contributed by atoms with Crippen LogP contribution < -0.4 is 9.47 Å². The summed E-state index contributed by atoms with van der Waals surface area (Å²) in [6, 6.07) is 15.8. The van der Waals surface area contributed by atoms with Gasteiger partial charge in [-0.2, -0.15) is 0 Å². The molecule has 0 spiro atoms. The summed E-state index contributed by atoms with van der Waals surface area (Å²) in [5, 5.41) is 1.01. The van der Waals surface area contributed by atoms with Crippen molar-refractivity contribution < 1.29 is 14.3 Å². The number of nitrogens with zero attached hydrogens (tertiary/aromatic N) is 1. The van der Waals surface area contributed by atoms with Crippen molar-refractivity contribution in [3.05, 3.63) is 59.8 Å². The number of amides is 1. The Labute approximate surface area is 152 Å². The average Bonchev–Trinajstić information content (AvgIpc) is 3.33. The van der Waals surface area contributed by atoms with Gasteiger partial charge in [0.25, 0.3) is 5.91 Å². The lowest BCUT2D eigenvalue weighted by Crippen LogP contribution is -2.30. The maximum Gasteiger partial charge on any atom is 0.270 e. The van der Waals surface area contributed by atoms with Gasteiger partial charge in [-0.1, -0.05) is 12.1 Å². The number of hydrogen-bond acceptors (Lipinski definition) is 3. The fourth-order valence-corrected chi connectivity index (χ4v) is 3.71. The van der Waals surface area contributed by atoms with E-state index in [1.54, 1.807) is 14.2 Å². The third-order valence-corrected chi connectivity index (χ3v) is 5.05. The third kappa shape index (κ3) is 2.90. The Morgan fingerprint density at radius 3 is 2.69 bits per heavy atom. The summed E-state index contributed by atoms with van der Waals surface area (Å²) in [6.07, 6.45) is 1.97. The van der Waals surface area contributed by atoms with Gasteiger partial charge in [-0.15, -0.1) is 0 Å². The van der Waals surface area contributed by atoms with E-state index in [0.717, 1.165) is 47.4 Å². The summed E-state index contributed by atoms with van der Waals surface area (Å²) in [5.74, 6) is 1.62. The normalized spacial score (nSPS) is 16.8. The number of nitrogens with one attached hydrogen (secondary N) is 1. The largest absolute Gasteiger partial charge is 0.497 e. The molecule has 5 nitrogen and oxygen atoms in total. The molecule has 1 aromatic heterocycles. The second kappa shape index (κ2) is 6.75. The zero-order valence-corrected chi connectivity index (χ0v) is 15.0. The minimum Gasteiger partial charge on any atom is -0.497 e. The highest BCUT2D eigenvalue weighted by Crippen LogP contribution is 2.35. The number of aromatic nitrogens is 1. The first kappa shape index (κ1) is 16.5. The number of fused-ring (bicyclic) bond motifs is 1. The number of likely N-dealkylation sites (tertiary alicyclic amines) is 1. The van der Waals surface area contributed by atoms with E-state index >= 15 is 0 Å². The van der Waals surface area contributed by atoms with Crippen LogP contribution in [0.1, 0.15) is 34.9 Å². The number of rotatable bonds is 4. The molecular formula is C21H22N2O3. The Kier molecular flexibility index (Phi) is 4.29. The maximum absolute atomic E-state index is 13.1. The summed E-state index contributed by atoms with van der Waals surface area (Å²) in [6.45, 7) is 0.763. The van der Waals surface area contributed by atoms with Crippen LogP contribution in [0.15, 0.2) is 48.5 Å². The molecule has 2 aromatic carbocycles. The highest BCUT2D eigenvalue weighted by molar-refractivity contribution is 5.98. The lowest BCUT2D eigenvalue weighted by atomic mass is 10.0. The van der Waals surface area contributed by atoms with E-state index in [9.17, 15) is 4.79 Å². The molecule has 26 heavy (non-hydrogen) atoms. The van der Waals surface area contributed by atoms with Crippen molar-refractivity contribution in [3.8, 4) is 11.5 Å². The van der Waals surface area contributed by atoms with Crippen molar-refractivity contribution in [2.75, 3.05) is 20.8 Å². The van der Waals surface area contributed by atoms with Crippen LogP contribution in [0.2, 0.25) is 0 Å².